The fourth-order valence-corrected chi connectivity index (χ4v) is 4.43. The van der Waals surface area contributed by atoms with Crippen LogP contribution in [0.25, 0.3) is 11.3 Å². The van der Waals surface area contributed by atoms with Gasteiger partial charge in [0.05, 0.1) is 12.8 Å². The second-order valence-electron chi connectivity index (χ2n) is 7.10. The van der Waals surface area contributed by atoms with E-state index in [4.69, 9.17) is 4.74 Å². The second kappa shape index (κ2) is 8.42. The molecule has 0 amide bonds. The zero-order chi connectivity index (χ0) is 20.3. The molecule has 2 aromatic rings. The van der Waals surface area contributed by atoms with Gasteiger partial charge in [-0.15, -0.1) is 0 Å². The molecule has 1 fully saturated rings. The summed E-state index contributed by atoms with van der Waals surface area (Å²) >= 11 is 0. The smallest absolute Gasteiger partial charge is 0.281 e. The Balaban J connectivity index is 1.70. The highest BCUT2D eigenvalue weighted by Gasteiger charge is 2.29. The van der Waals surface area contributed by atoms with E-state index < -0.39 is 10.2 Å². The number of aromatic nitrogens is 2. The Morgan fingerprint density at radius 2 is 1.75 bits per heavy atom. The molecule has 8 nitrogen and oxygen atoms in total. The number of rotatable bonds is 6. The molecular weight excluding hydrogens is 380 g/mol. The molecule has 1 saturated heterocycles. The fraction of sp³-hybridized carbons (Fsp3) is 0.474. The summed E-state index contributed by atoms with van der Waals surface area (Å²) in [6.07, 6.45) is 1.40. The average Bonchev–Trinajstić information content (AvgIpc) is 2.70. The van der Waals surface area contributed by atoms with Crippen LogP contribution in [0.3, 0.4) is 0 Å². The predicted molar refractivity (Wildman–Crippen MR) is 107 cm³/mol. The van der Waals surface area contributed by atoms with Crippen LogP contribution >= 0.6 is 0 Å². The van der Waals surface area contributed by atoms with E-state index in [1.165, 1.54) is 33.5 Å². The largest absolute Gasteiger partial charge is 0.497 e. The van der Waals surface area contributed by atoms with Gasteiger partial charge in [-0.05, 0) is 49.1 Å². The normalized spacial score (nSPS) is 16.4. The minimum absolute atomic E-state index is 0.152. The molecule has 0 spiro atoms. The molecule has 0 aliphatic carbocycles. The zero-order valence-corrected chi connectivity index (χ0v) is 17.2. The molecule has 1 aliphatic heterocycles. The van der Waals surface area contributed by atoms with Crippen LogP contribution in [0, 0.1) is 5.92 Å². The highest BCUT2D eigenvalue weighted by Crippen LogP contribution is 2.23. The summed E-state index contributed by atoms with van der Waals surface area (Å²) < 4.78 is 33.8. The van der Waals surface area contributed by atoms with Gasteiger partial charge in [0, 0.05) is 45.4 Å². The van der Waals surface area contributed by atoms with Crippen LogP contribution in [0.1, 0.15) is 12.8 Å². The third kappa shape index (κ3) is 4.43. The molecule has 3 rings (SSSR count). The molecule has 0 saturated carbocycles. The van der Waals surface area contributed by atoms with Crippen LogP contribution in [-0.2, 0) is 16.8 Å². The van der Waals surface area contributed by atoms with Crippen molar-refractivity contribution < 1.29 is 13.2 Å². The lowest BCUT2D eigenvalue weighted by Crippen LogP contribution is -2.45. The van der Waals surface area contributed by atoms with E-state index in [2.05, 4.69) is 5.10 Å². The van der Waals surface area contributed by atoms with Crippen molar-refractivity contribution in [3.05, 3.63) is 46.8 Å². The maximum Gasteiger partial charge on any atom is 0.281 e. The molecule has 0 N–H and O–H groups in total. The maximum atomic E-state index is 12.3. The summed E-state index contributed by atoms with van der Waals surface area (Å²) in [4.78, 5) is 12.3. The van der Waals surface area contributed by atoms with Crippen LogP contribution in [0.5, 0.6) is 5.75 Å². The molecule has 1 aromatic carbocycles. The van der Waals surface area contributed by atoms with Gasteiger partial charge in [0.1, 0.15) is 5.75 Å². The Hall–Kier alpha value is -2.23. The van der Waals surface area contributed by atoms with Gasteiger partial charge >= 0.3 is 0 Å². The maximum absolute atomic E-state index is 12.3. The van der Waals surface area contributed by atoms with Crippen molar-refractivity contribution in [1.82, 2.24) is 18.4 Å². The third-order valence-electron chi connectivity index (χ3n) is 5.04. The van der Waals surface area contributed by atoms with Crippen molar-refractivity contribution in [2.45, 2.75) is 19.4 Å². The van der Waals surface area contributed by atoms with Crippen LogP contribution in [0.2, 0.25) is 0 Å². The van der Waals surface area contributed by atoms with Crippen molar-refractivity contribution in [3.8, 4) is 17.0 Å². The van der Waals surface area contributed by atoms with E-state index in [0.29, 0.717) is 32.5 Å². The molecule has 28 heavy (non-hydrogen) atoms. The lowest BCUT2D eigenvalue weighted by atomic mass is 9.98. The minimum Gasteiger partial charge on any atom is -0.497 e. The van der Waals surface area contributed by atoms with Gasteiger partial charge in [-0.25, -0.2) is 4.68 Å². The summed E-state index contributed by atoms with van der Waals surface area (Å²) in [5.41, 5.74) is 1.47. The molecule has 0 bridgehead atoms. The van der Waals surface area contributed by atoms with Gasteiger partial charge in [-0.2, -0.15) is 22.1 Å². The Kier molecular flexibility index (Phi) is 6.17. The molecule has 152 valence electrons. The standard InChI is InChI=1S/C19H26N4O4S/c1-21(2)28(25,26)22-12-10-15(11-13-22)14-23-19(24)9-8-18(20-23)16-4-6-17(27-3)7-5-16/h4-9,15H,10-14H2,1-3H3. The molecule has 2 heterocycles. The van der Waals surface area contributed by atoms with Crippen molar-refractivity contribution in [2.75, 3.05) is 34.3 Å². The minimum atomic E-state index is -3.38. The second-order valence-corrected chi connectivity index (χ2v) is 9.24. The van der Waals surface area contributed by atoms with E-state index in [9.17, 15) is 13.2 Å². The number of nitrogens with zero attached hydrogens (tertiary/aromatic N) is 4. The number of hydrogen-bond acceptors (Lipinski definition) is 5. The molecule has 0 unspecified atom stereocenters. The predicted octanol–water partition coefficient (Wildman–Crippen LogP) is 1.44. The van der Waals surface area contributed by atoms with Gasteiger partial charge in [-0.1, -0.05) is 0 Å². The van der Waals surface area contributed by atoms with Crippen molar-refractivity contribution in [2.24, 2.45) is 5.92 Å². The summed E-state index contributed by atoms with van der Waals surface area (Å²) in [6, 6.07) is 10.8. The summed E-state index contributed by atoms with van der Waals surface area (Å²) in [5, 5.41) is 4.51. The van der Waals surface area contributed by atoms with Crippen molar-refractivity contribution in [3.63, 3.8) is 0 Å². The Labute approximate surface area is 165 Å². The quantitative estimate of drug-likeness (QED) is 0.725. The van der Waals surface area contributed by atoms with Gasteiger partial charge in [0.2, 0.25) is 0 Å². The third-order valence-corrected chi connectivity index (χ3v) is 6.99. The topological polar surface area (TPSA) is 84.7 Å². The highest BCUT2D eigenvalue weighted by atomic mass is 32.2. The molecular formula is C19H26N4O4S. The first-order valence-electron chi connectivity index (χ1n) is 9.21. The fourth-order valence-electron chi connectivity index (χ4n) is 3.29. The number of methoxy groups -OCH3 is 1. The summed E-state index contributed by atoms with van der Waals surface area (Å²) in [5.74, 6) is 0.974. The van der Waals surface area contributed by atoms with Crippen molar-refractivity contribution >= 4 is 10.2 Å². The first-order chi connectivity index (χ1) is 13.3. The molecule has 1 aliphatic rings. The SMILES string of the molecule is COc1ccc(-c2ccc(=O)n(CC3CCN(S(=O)(=O)N(C)C)CC3)n2)cc1. The average molecular weight is 407 g/mol. The number of ether oxygens (including phenoxy) is 1. The molecule has 1 aromatic heterocycles. The number of piperidine rings is 1. The van der Waals surface area contributed by atoms with E-state index >= 15 is 0 Å². The van der Waals surface area contributed by atoms with Gasteiger partial charge in [0.15, 0.2) is 0 Å². The van der Waals surface area contributed by atoms with Gasteiger partial charge in [-0.3, -0.25) is 4.79 Å². The first-order valence-corrected chi connectivity index (χ1v) is 10.6. The molecule has 9 heteroatoms. The van der Waals surface area contributed by atoms with Gasteiger partial charge < -0.3 is 4.74 Å². The summed E-state index contributed by atoms with van der Waals surface area (Å²) in [6.45, 7) is 1.40. The summed E-state index contributed by atoms with van der Waals surface area (Å²) in [7, 11) is 1.31. The highest BCUT2D eigenvalue weighted by molar-refractivity contribution is 7.86. The van der Waals surface area contributed by atoms with Gasteiger partial charge in [0.25, 0.3) is 15.8 Å². The van der Waals surface area contributed by atoms with E-state index in [0.717, 1.165) is 17.0 Å². The molecule has 0 atom stereocenters. The van der Waals surface area contributed by atoms with E-state index in [-0.39, 0.29) is 11.5 Å². The van der Waals surface area contributed by atoms with Crippen LogP contribution in [0.4, 0.5) is 0 Å². The number of hydrogen-bond donors (Lipinski definition) is 0. The monoisotopic (exact) mass is 406 g/mol. The number of benzene rings is 1. The van der Waals surface area contributed by atoms with Crippen LogP contribution < -0.4 is 10.3 Å². The van der Waals surface area contributed by atoms with E-state index in [1.807, 2.05) is 24.3 Å². The van der Waals surface area contributed by atoms with Crippen LogP contribution in [-0.4, -0.2) is 61.1 Å². The Morgan fingerprint density at radius 1 is 1.11 bits per heavy atom. The Bertz CT molecular complexity index is 962. The van der Waals surface area contributed by atoms with Crippen LogP contribution in [0.15, 0.2) is 41.2 Å². The zero-order valence-electron chi connectivity index (χ0n) is 16.4. The first kappa shape index (κ1) is 20.5. The lowest BCUT2D eigenvalue weighted by molar-refractivity contribution is 0.237. The van der Waals surface area contributed by atoms with Crippen molar-refractivity contribution in [1.29, 1.82) is 0 Å². The van der Waals surface area contributed by atoms with E-state index in [1.54, 1.807) is 13.2 Å². The Morgan fingerprint density at radius 3 is 2.32 bits per heavy atom. The lowest BCUT2D eigenvalue weighted by Gasteiger charge is -2.32. The molecule has 0 radical (unpaired) electrons.